The van der Waals surface area contributed by atoms with Gasteiger partial charge in [0.2, 0.25) is 0 Å². The molecular weight excluding hydrogens is 248 g/mol. The van der Waals surface area contributed by atoms with E-state index < -0.39 is 0 Å². The second-order valence-electron chi connectivity index (χ2n) is 5.18. The van der Waals surface area contributed by atoms with Gasteiger partial charge in [0, 0.05) is 11.3 Å². The Morgan fingerprint density at radius 1 is 1.10 bits per heavy atom. The summed E-state index contributed by atoms with van der Waals surface area (Å²) in [6.07, 6.45) is 0. The number of nitrogen functional groups attached to an aromatic ring is 1. The Morgan fingerprint density at radius 3 is 2.40 bits per heavy atom. The number of amides is 1. The smallest absolute Gasteiger partial charge is 0.252 e. The number of anilines is 1. The molecule has 3 heteroatoms. The van der Waals surface area contributed by atoms with Crippen molar-refractivity contribution in [1.82, 2.24) is 5.32 Å². The third kappa shape index (κ3) is 3.18. The molecule has 0 saturated heterocycles. The van der Waals surface area contributed by atoms with Crippen LogP contribution >= 0.6 is 0 Å². The van der Waals surface area contributed by atoms with E-state index >= 15 is 0 Å². The van der Waals surface area contributed by atoms with Crippen LogP contribution in [0, 0.1) is 13.8 Å². The summed E-state index contributed by atoms with van der Waals surface area (Å²) in [5.74, 6) is -0.0458. The Balaban J connectivity index is 2.15. The summed E-state index contributed by atoms with van der Waals surface area (Å²) in [7, 11) is 0. The Morgan fingerprint density at radius 2 is 1.75 bits per heavy atom. The van der Waals surface area contributed by atoms with Crippen molar-refractivity contribution in [3.05, 3.63) is 64.7 Å². The lowest BCUT2D eigenvalue weighted by atomic mass is 10.0. The second kappa shape index (κ2) is 5.78. The van der Waals surface area contributed by atoms with E-state index in [4.69, 9.17) is 5.73 Å². The first-order chi connectivity index (χ1) is 9.47. The molecular formula is C17H20N2O. The van der Waals surface area contributed by atoms with Gasteiger partial charge in [-0.15, -0.1) is 0 Å². The minimum atomic E-state index is -0.0528. The summed E-state index contributed by atoms with van der Waals surface area (Å²) in [4.78, 5) is 12.3. The van der Waals surface area contributed by atoms with Crippen LogP contribution in [0.5, 0.6) is 0 Å². The van der Waals surface area contributed by atoms with Gasteiger partial charge in [-0.1, -0.05) is 29.8 Å². The van der Waals surface area contributed by atoms with Crippen LogP contribution in [0.4, 0.5) is 5.69 Å². The average molecular weight is 268 g/mol. The fraction of sp³-hybridized carbons (Fsp3) is 0.235. The van der Waals surface area contributed by atoms with Crippen LogP contribution in [-0.2, 0) is 0 Å². The van der Waals surface area contributed by atoms with Crippen LogP contribution in [-0.4, -0.2) is 5.91 Å². The highest BCUT2D eigenvalue weighted by Gasteiger charge is 2.13. The molecule has 0 radical (unpaired) electrons. The van der Waals surface area contributed by atoms with Gasteiger partial charge in [0.1, 0.15) is 0 Å². The van der Waals surface area contributed by atoms with Crippen molar-refractivity contribution in [1.29, 1.82) is 0 Å². The number of benzene rings is 2. The van der Waals surface area contributed by atoms with E-state index in [0.717, 1.165) is 27.9 Å². The summed E-state index contributed by atoms with van der Waals surface area (Å²) in [6, 6.07) is 13.4. The Hall–Kier alpha value is -2.29. The topological polar surface area (TPSA) is 55.1 Å². The van der Waals surface area contributed by atoms with Crippen LogP contribution in [0.15, 0.2) is 42.5 Å². The fourth-order valence-corrected chi connectivity index (χ4v) is 2.12. The Kier molecular flexibility index (Phi) is 4.08. The number of carbonyl (C=O) groups excluding carboxylic acids is 1. The number of aryl methyl sites for hydroxylation is 2. The highest BCUT2D eigenvalue weighted by Crippen LogP contribution is 2.16. The van der Waals surface area contributed by atoms with Gasteiger partial charge in [-0.3, -0.25) is 4.79 Å². The molecule has 1 amide bonds. The Labute approximate surface area is 119 Å². The molecule has 0 aliphatic heterocycles. The third-order valence-electron chi connectivity index (χ3n) is 3.42. The normalized spacial score (nSPS) is 11.9. The molecule has 0 aliphatic rings. The quantitative estimate of drug-likeness (QED) is 0.838. The van der Waals surface area contributed by atoms with Gasteiger partial charge < -0.3 is 11.1 Å². The summed E-state index contributed by atoms with van der Waals surface area (Å²) >= 11 is 0. The number of nitrogens with two attached hydrogens (primary N) is 1. The summed E-state index contributed by atoms with van der Waals surface area (Å²) in [5, 5.41) is 3.02. The van der Waals surface area contributed by atoms with Crippen molar-refractivity contribution < 1.29 is 4.79 Å². The molecule has 0 saturated carbocycles. The molecule has 0 bridgehead atoms. The van der Waals surface area contributed by atoms with E-state index in [2.05, 4.69) is 5.32 Å². The lowest BCUT2D eigenvalue weighted by Crippen LogP contribution is -2.27. The minimum absolute atomic E-state index is 0.0458. The summed E-state index contributed by atoms with van der Waals surface area (Å²) in [5.41, 5.74) is 10.2. The number of carbonyl (C=O) groups is 1. The molecule has 3 N–H and O–H groups in total. The first-order valence-corrected chi connectivity index (χ1v) is 6.71. The van der Waals surface area contributed by atoms with Gasteiger partial charge in [0.15, 0.2) is 0 Å². The van der Waals surface area contributed by atoms with Crippen LogP contribution in [0.3, 0.4) is 0 Å². The zero-order valence-corrected chi connectivity index (χ0v) is 12.1. The minimum Gasteiger partial charge on any atom is -0.399 e. The molecule has 1 unspecified atom stereocenters. The summed E-state index contributed by atoms with van der Waals surface area (Å²) in [6.45, 7) is 5.90. The first-order valence-electron chi connectivity index (χ1n) is 6.71. The highest BCUT2D eigenvalue weighted by molar-refractivity contribution is 5.96. The molecule has 0 spiro atoms. The molecule has 0 heterocycles. The molecule has 104 valence electrons. The van der Waals surface area contributed by atoms with Crippen molar-refractivity contribution in [2.75, 3.05) is 5.73 Å². The van der Waals surface area contributed by atoms with Crippen molar-refractivity contribution in [2.24, 2.45) is 0 Å². The van der Waals surface area contributed by atoms with E-state index in [1.807, 2.05) is 63.2 Å². The lowest BCUT2D eigenvalue weighted by molar-refractivity contribution is 0.0939. The zero-order chi connectivity index (χ0) is 14.7. The first kappa shape index (κ1) is 14.1. The van der Waals surface area contributed by atoms with Gasteiger partial charge in [0.05, 0.1) is 6.04 Å². The Bertz CT molecular complexity index is 617. The van der Waals surface area contributed by atoms with Gasteiger partial charge in [-0.2, -0.15) is 0 Å². The predicted octanol–water partition coefficient (Wildman–Crippen LogP) is 3.38. The molecule has 2 aromatic carbocycles. The van der Waals surface area contributed by atoms with Crippen molar-refractivity contribution >= 4 is 11.6 Å². The maximum atomic E-state index is 12.3. The number of nitrogens with one attached hydrogen (secondary N) is 1. The molecule has 0 aliphatic carbocycles. The SMILES string of the molecule is Cc1ccc(C)c(C(=O)NC(C)c2ccc(N)cc2)c1. The number of hydrogen-bond donors (Lipinski definition) is 2. The average Bonchev–Trinajstić information content (AvgIpc) is 2.42. The third-order valence-corrected chi connectivity index (χ3v) is 3.42. The van der Waals surface area contributed by atoms with E-state index in [1.165, 1.54) is 0 Å². The summed E-state index contributed by atoms with van der Waals surface area (Å²) < 4.78 is 0. The van der Waals surface area contributed by atoms with Gasteiger partial charge >= 0.3 is 0 Å². The van der Waals surface area contributed by atoms with Crippen molar-refractivity contribution in [3.63, 3.8) is 0 Å². The zero-order valence-electron chi connectivity index (χ0n) is 12.1. The van der Waals surface area contributed by atoms with E-state index in [9.17, 15) is 4.79 Å². The highest BCUT2D eigenvalue weighted by atomic mass is 16.1. The molecule has 2 aromatic rings. The van der Waals surface area contributed by atoms with Crippen molar-refractivity contribution in [3.8, 4) is 0 Å². The predicted molar refractivity (Wildman–Crippen MR) is 82.7 cm³/mol. The lowest BCUT2D eigenvalue weighted by Gasteiger charge is -2.16. The number of rotatable bonds is 3. The standard InChI is InChI=1S/C17H20N2O/c1-11-4-5-12(2)16(10-11)17(20)19-13(3)14-6-8-15(18)9-7-14/h4-10,13H,18H2,1-3H3,(H,19,20). The van der Waals surface area contributed by atoms with Crippen LogP contribution in [0.1, 0.15) is 40.0 Å². The maximum Gasteiger partial charge on any atom is 0.252 e. The van der Waals surface area contributed by atoms with Crippen LogP contribution in [0.25, 0.3) is 0 Å². The van der Waals surface area contributed by atoms with E-state index in [1.54, 1.807) is 0 Å². The van der Waals surface area contributed by atoms with Gasteiger partial charge in [-0.05, 0) is 50.1 Å². The molecule has 0 aromatic heterocycles. The van der Waals surface area contributed by atoms with Gasteiger partial charge in [0.25, 0.3) is 5.91 Å². The van der Waals surface area contributed by atoms with Crippen molar-refractivity contribution in [2.45, 2.75) is 26.8 Å². The second-order valence-corrected chi connectivity index (χ2v) is 5.18. The number of hydrogen-bond acceptors (Lipinski definition) is 2. The molecule has 0 fully saturated rings. The molecule has 1 atom stereocenters. The maximum absolute atomic E-state index is 12.3. The molecule has 2 rings (SSSR count). The fourth-order valence-electron chi connectivity index (χ4n) is 2.12. The van der Waals surface area contributed by atoms with Crippen LogP contribution < -0.4 is 11.1 Å². The largest absolute Gasteiger partial charge is 0.399 e. The molecule has 20 heavy (non-hydrogen) atoms. The molecule has 3 nitrogen and oxygen atoms in total. The van der Waals surface area contributed by atoms with Crippen LogP contribution in [0.2, 0.25) is 0 Å². The van der Waals surface area contributed by atoms with E-state index in [0.29, 0.717) is 0 Å². The monoisotopic (exact) mass is 268 g/mol. The van der Waals surface area contributed by atoms with Gasteiger partial charge in [-0.25, -0.2) is 0 Å². The van der Waals surface area contributed by atoms with E-state index in [-0.39, 0.29) is 11.9 Å².